The van der Waals surface area contributed by atoms with Crippen LogP contribution in [0.15, 0.2) is 24.3 Å². The highest BCUT2D eigenvalue weighted by Crippen LogP contribution is 2.63. The minimum absolute atomic E-state index is 0.343. The fraction of sp³-hybridized carbons (Fsp3) is 0.538. The van der Waals surface area contributed by atoms with Crippen LogP contribution in [0.25, 0.3) is 0 Å². The maximum Gasteiger partial charge on any atom is 0.0576 e. The summed E-state index contributed by atoms with van der Waals surface area (Å²) in [5.41, 5.74) is 8.48. The molecule has 0 radical (unpaired) electrons. The molecule has 0 unspecified atom stereocenters. The first kappa shape index (κ1) is 10.3. The quantitative estimate of drug-likeness (QED) is 0.726. The second-order valence-corrected chi connectivity index (χ2v) is 5.61. The van der Waals surface area contributed by atoms with E-state index in [-0.39, 0.29) is 0 Å². The Morgan fingerprint density at radius 2 is 1.60 bits per heavy atom. The Morgan fingerprint density at radius 1 is 1.07 bits per heavy atom. The van der Waals surface area contributed by atoms with E-state index in [9.17, 15) is 0 Å². The lowest BCUT2D eigenvalue weighted by atomic mass is 10.0. The van der Waals surface area contributed by atoms with Crippen molar-refractivity contribution in [1.82, 2.24) is 0 Å². The number of nitrogen functional groups attached to an aromatic ring is 1. The standard InChI is InChI=1S/C13H20N2/c1-12(2)11(13(12,3)4)15-10-8-6-5-7-9(10)14/h5-8,11,15H,14H2,1-4H3. The van der Waals surface area contributed by atoms with Gasteiger partial charge < -0.3 is 11.1 Å². The molecule has 2 rings (SSSR count). The fourth-order valence-electron chi connectivity index (χ4n) is 2.34. The Labute approximate surface area is 91.9 Å². The summed E-state index contributed by atoms with van der Waals surface area (Å²) >= 11 is 0. The summed E-state index contributed by atoms with van der Waals surface area (Å²) in [6.07, 6.45) is 0. The van der Waals surface area contributed by atoms with Crippen molar-refractivity contribution in [2.45, 2.75) is 33.7 Å². The Morgan fingerprint density at radius 3 is 2.07 bits per heavy atom. The summed E-state index contributed by atoms with van der Waals surface area (Å²) in [6.45, 7) is 9.18. The summed E-state index contributed by atoms with van der Waals surface area (Å²) in [7, 11) is 0. The first-order valence-electron chi connectivity index (χ1n) is 5.48. The molecule has 2 heteroatoms. The first-order chi connectivity index (χ1) is 6.87. The predicted octanol–water partition coefficient (Wildman–Crippen LogP) is 3.12. The van der Waals surface area contributed by atoms with Crippen molar-refractivity contribution in [1.29, 1.82) is 0 Å². The SMILES string of the molecule is CC1(C)C(Nc2ccccc2N)C1(C)C. The minimum Gasteiger partial charge on any atom is -0.397 e. The number of anilines is 2. The molecular weight excluding hydrogens is 184 g/mol. The third kappa shape index (κ3) is 1.39. The Hall–Kier alpha value is -1.18. The summed E-state index contributed by atoms with van der Waals surface area (Å²) in [6, 6.07) is 8.46. The van der Waals surface area contributed by atoms with Crippen molar-refractivity contribution >= 4 is 11.4 Å². The Bertz CT molecular complexity index is 366. The van der Waals surface area contributed by atoms with Gasteiger partial charge in [0.1, 0.15) is 0 Å². The van der Waals surface area contributed by atoms with Gasteiger partial charge in [-0.05, 0) is 23.0 Å². The van der Waals surface area contributed by atoms with Crippen molar-refractivity contribution in [3.63, 3.8) is 0 Å². The average molecular weight is 204 g/mol. The lowest BCUT2D eigenvalue weighted by molar-refractivity contribution is 0.457. The topological polar surface area (TPSA) is 38.0 Å². The first-order valence-corrected chi connectivity index (χ1v) is 5.48. The van der Waals surface area contributed by atoms with Gasteiger partial charge in [-0.3, -0.25) is 0 Å². The van der Waals surface area contributed by atoms with E-state index in [1.807, 2.05) is 24.3 Å². The van der Waals surface area contributed by atoms with Crippen molar-refractivity contribution < 1.29 is 0 Å². The van der Waals surface area contributed by atoms with Crippen molar-refractivity contribution in [2.75, 3.05) is 11.1 Å². The number of benzene rings is 1. The maximum atomic E-state index is 5.91. The molecule has 0 bridgehead atoms. The van der Waals surface area contributed by atoms with E-state index in [1.165, 1.54) is 0 Å². The van der Waals surface area contributed by atoms with Gasteiger partial charge in [0.05, 0.1) is 11.4 Å². The van der Waals surface area contributed by atoms with E-state index < -0.39 is 0 Å². The molecule has 1 aromatic carbocycles. The number of nitrogens with one attached hydrogen (secondary N) is 1. The van der Waals surface area contributed by atoms with Crippen molar-refractivity contribution in [3.05, 3.63) is 24.3 Å². The minimum atomic E-state index is 0.343. The molecule has 1 aliphatic carbocycles. The lowest BCUT2D eigenvalue weighted by Gasteiger charge is -2.10. The molecule has 0 amide bonds. The van der Waals surface area contributed by atoms with Crippen LogP contribution in [0.2, 0.25) is 0 Å². The largest absolute Gasteiger partial charge is 0.397 e. The summed E-state index contributed by atoms with van der Waals surface area (Å²) in [4.78, 5) is 0. The number of para-hydroxylation sites is 2. The highest BCUT2D eigenvalue weighted by Gasteiger charge is 2.64. The maximum absolute atomic E-state index is 5.91. The fourth-order valence-corrected chi connectivity index (χ4v) is 2.34. The van der Waals surface area contributed by atoms with Crippen LogP contribution in [0.4, 0.5) is 11.4 Å². The van der Waals surface area contributed by atoms with Crippen LogP contribution in [-0.4, -0.2) is 6.04 Å². The van der Waals surface area contributed by atoms with Crippen LogP contribution < -0.4 is 11.1 Å². The molecule has 0 aromatic heterocycles. The van der Waals surface area contributed by atoms with Crippen LogP contribution in [0.5, 0.6) is 0 Å². The summed E-state index contributed by atoms with van der Waals surface area (Å²) < 4.78 is 0. The average Bonchev–Trinajstić information content (AvgIpc) is 2.51. The Kier molecular flexibility index (Phi) is 2.00. The van der Waals surface area contributed by atoms with Gasteiger partial charge in [-0.1, -0.05) is 39.8 Å². The monoisotopic (exact) mass is 204 g/mol. The molecule has 82 valence electrons. The molecule has 0 atom stereocenters. The molecular formula is C13H20N2. The van der Waals surface area contributed by atoms with E-state index in [0.29, 0.717) is 16.9 Å². The van der Waals surface area contributed by atoms with E-state index in [4.69, 9.17) is 5.73 Å². The van der Waals surface area contributed by atoms with E-state index in [0.717, 1.165) is 11.4 Å². The van der Waals surface area contributed by atoms with Gasteiger partial charge in [-0.2, -0.15) is 0 Å². The lowest BCUT2D eigenvalue weighted by Crippen LogP contribution is -2.11. The van der Waals surface area contributed by atoms with Crippen molar-refractivity contribution in [2.24, 2.45) is 10.8 Å². The second kappa shape index (κ2) is 2.91. The molecule has 0 heterocycles. The Balaban J connectivity index is 2.16. The zero-order valence-electron chi connectivity index (χ0n) is 9.96. The third-order valence-electron chi connectivity index (χ3n) is 4.28. The zero-order valence-corrected chi connectivity index (χ0v) is 9.96. The van der Waals surface area contributed by atoms with Gasteiger partial charge in [0.2, 0.25) is 0 Å². The second-order valence-electron chi connectivity index (χ2n) is 5.61. The van der Waals surface area contributed by atoms with Crippen LogP contribution in [0, 0.1) is 10.8 Å². The zero-order chi connectivity index (χ0) is 11.3. The van der Waals surface area contributed by atoms with Gasteiger partial charge in [-0.15, -0.1) is 0 Å². The molecule has 1 fully saturated rings. The number of rotatable bonds is 2. The number of hydrogen-bond acceptors (Lipinski definition) is 2. The molecule has 15 heavy (non-hydrogen) atoms. The van der Waals surface area contributed by atoms with Crippen LogP contribution in [-0.2, 0) is 0 Å². The molecule has 0 spiro atoms. The van der Waals surface area contributed by atoms with Crippen molar-refractivity contribution in [3.8, 4) is 0 Å². The van der Waals surface area contributed by atoms with Crippen LogP contribution in [0.3, 0.4) is 0 Å². The van der Waals surface area contributed by atoms with Crippen LogP contribution >= 0.6 is 0 Å². The molecule has 0 saturated heterocycles. The van der Waals surface area contributed by atoms with Gasteiger partial charge >= 0.3 is 0 Å². The highest BCUT2D eigenvalue weighted by molar-refractivity contribution is 5.67. The highest BCUT2D eigenvalue weighted by atomic mass is 15.1. The molecule has 0 aliphatic heterocycles. The van der Waals surface area contributed by atoms with Gasteiger partial charge in [-0.25, -0.2) is 0 Å². The van der Waals surface area contributed by atoms with Crippen LogP contribution in [0.1, 0.15) is 27.7 Å². The van der Waals surface area contributed by atoms with Gasteiger partial charge in [0, 0.05) is 6.04 Å². The number of nitrogens with two attached hydrogens (primary N) is 1. The third-order valence-corrected chi connectivity index (χ3v) is 4.28. The predicted molar refractivity (Wildman–Crippen MR) is 65.8 cm³/mol. The van der Waals surface area contributed by atoms with Gasteiger partial charge in [0.25, 0.3) is 0 Å². The molecule has 1 saturated carbocycles. The summed E-state index contributed by atoms with van der Waals surface area (Å²) in [5.74, 6) is 0. The van der Waals surface area contributed by atoms with Gasteiger partial charge in [0.15, 0.2) is 0 Å². The molecule has 2 nitrogen and oxygen atoms in total. The summed E-state index contributed by atoms with van der Waals surface area (Å²) in [5, 5.41) is 3.54. The molecule has 1 aliphatic rings. The molecule has 1 aromatic rings. The smallest absolute Gasteiger partial charge is 0.0576 e. The van der Waals surface area contributed by atoms with E-state index in [2.05, 4.69) is 33.0 Å². The number of hydrogen-bond donors (Lipinski definition) is 2. The molecule has 3 N–H and O–H groups in total. The normalized spacial score (nSPS) is 22.4. The van der Waals surface area contributed by atoms with E-state index >= 15 is 0 Å². The van der Waals surface area contributed by atoms with E-state index in [1.54, 1.807) is 0 Å².